The van der Waals surface area contributed by atoms with Crippen LogP contribution in [0.4, 0.5) is 8.78 Å². The zero-order valence-corrected chi connectivity index (χ0v) is 6.41. The first-order chi connectivity index (χ1) is 6.13. The van der Waals surface area contributed by atoms with E-state index in [1.54, 1.807) is 0 Å². The molecular weight excluding hydrogens is 182 g/mol. The lowest BCUT2D eigenvalue weighted by atomic mass is 10.2. The summed E-state index contributed by atoms with van der Waals surface area (Å²) in [5, 5.41) is 8.90. The molecule has 70 valence electrons. The number of alkyl halides is 2. The van der Waals surface area contributed by atoms with E-state index in [-0.39, 0.29) is 17.1 Å². The SMILES string of the molecule is O=Cc1cc(O)ccc1OC(F)F. The molecule has 13 heavy (non-hydrogen) atoms. The quantitative estimate of drug-likeness (QED) is 0.735. The van der Waals surface area contributed by atoms with Crippen molar-refractivity contribution in [2.24, 2.45) is 0 Å². The van der Waals surface area contributed by atoms with Gasteiger partial charge < -0.3 is 9.84 Å². The van der Waals surface area contributed by atoms with Gasteiger partial charge in [0.15, 0.2) is 6.29 Å². The number of hydrogen-bond acceptors (Lipinski definition) is 3. The van der Waals surface area contributed by atoms with E-state index in [0.29, 0.717) is 6.29 Å². The number of carbonyl (C=O) groups is 1. The summed E-state index contributed by atoms with van der Waals surface area (Å²) in [5.74, 6) is -0.425. The standard InChI is InChI=1S/C8H6F2O3/c9-8(10)13-7-2-1-6(12)3-5(7)4-11/h1-4,8,12H. The summed E-state index contributed by atoms with van der Waals surface area (Å²) in [4.78, 5) is 10.3. The predicted octanol–water partition coefficient (Wildman–Crippen LogP) is 1.81. The molecule has 0 fully saturated rings. The fraction of sp³-hybridized carbons (Fsp3) is 0.125. The summed E-state index contributed by atoms with van der Waals surface area (Å²) < 4.78 is 27.5. The average molecular weight is 188 g/mol. The molecule has 1 aromatic rings. The second-order valence-electron chi connectivity index (χ2n) is 2.22. The van der Waals surface area contributed by atoms with Gasteiger partial charge in [0.25, 0.3) is 0 Å². The molecule has 1 aromatic carbocycles. The molecule has 0 radical (unpaired) electrons. The number of aldehydes is 1. The van der Waals surface area contributed by atoms with Crippen LogP contribution in [0.2, 0.25) is 0 Å². The largest absolute Gasteiger partial charge is 0.508 e. The van der Waals surface area contributed by atoms with Gasteiger partial charge in [-0.3, -0.25) is 4.79 Å². The Morgan fingerprint density at radius 3 is 2.69 bits per heavy atom. The van der Waals surface area contributed by atoms with Crippen molar-refractivity contribution >= 4 is 6.29 Å². The summed E-state index contributed by atoms with van der Waals surface area (Å²) in [6.45, 7) is -2.98. The Labute approximate surface area is 72.6 Å². The molecule has 0 saturated carbocycles. The third kappa shape index (κ3) is 2.40. The van der Waals surface area contributed by atoms with Gasteiger partial charge in [0, 0.05) is 0 Å². The summed E-state index contributed by atoms with van der Waals surface area (Å²) in [5.41, 5.74) is -0.111. The third-order valence-corrected chi connectivity index (χ3v) is 1.34. The van der Waals surface area contributed by atoms with Crippen molar-refractivity contribution in [2.45, 2.75) is 6.61 Å². The lowest BCUT2D eigenvalue weighted by Gasteiger charge is -2.06. The molecule has 0 aliphatic rings. The van der Waals surface area contributed by atoms with Gasteiger partial charge in [-0.05, 0) is 18.2 Å². The minimum absolute atomic E-state index is 0.111. The van der Waals surface area contributed by atoms with Crippen molar-refractivity contribution in [3.63, 3.8) is 0 Å². The molecule has 0 aliphatic carbocycles. The second kappa shape index (κ2) is 3.84. The highest BCUT2D eigenvalue weighted by atomic mass is 19.3. The minimum Gasteiger partial charge on any atom is -0.508 e. The number of hydrogen-bond donors (Lipinski definition) is 1. The summed E-state index contributed by atoms with van der Waals surface area (Å²) in [6.07, 6.45) is 0.331. The van der Waals surface area contributed by atoms with E-state index in [9.17, 15) is 13.6 Å². The molecule has 1 rings (SSSR count). The maximum absolute atomic E-state index is 11.7. The Balaban J connectivity index is 2.99. The van der Waals surface area contributed by atoms with Gasteiger partial charge in [-0.15, -0.1) is 0 Å². The van der Waals surface area contributed by atoms with Crippen molar-refractivity contribution in [3.8, 4) is 11.5 Å². The molecule has 0 unspecified atom stereocenters. The molecule has 0 amide bonds. The van der Waals surface area contributed by atoms with Crippen LogP contribution in [-0.2, 0) is 0 Å². The Hall–Kier alpha value is -1.65. The number of phenols is 1. The van der Waals surface area contributed by atoms with Gasteiger partial charge in [-0.1, -0.05) is 0 Å². The molecule has 0 heterocycles. The summed E-state index contributed by atoms with van der Waals surface area (Å²) in [7, 11) is 0. The molecule has 0 atom stereocenters. The maximum Gasteiger partial charge on any atom is 0.387 e. The lowest BCUT2D eigenvalue weighted by molar-refractivity contribution is -0.0501. The number of halogens is 2. The Morgan fingerprint density at radius 1 is 1.46 bits per heavy atom. The first-order valence-corrected chi connectivity index (χ1v) is 3.36. The van der Waals surface area contributed by atoms with Gasteiger partial charge in [0.05, 0.1) is 5.56 Å². The zero-order chi connectivity index (χ0) is 9.84. The molecule has 0 aromatic heterocycles. The predicted molar refractivity (Wildman–Crippen MR) is 40.1 cm³/mol. The van der Waals surface area contributed by atoms with Crippen molar-refractivity contribution in [1.29, 1.82) is 0 Å². The highest BCUT2D eigenvalue weighted by molar-refractivity contribution is 5.80. The highest BCUT2D eigenvalue weighted by Crippen LogP contribution is 2.23. The van der Waals surface area contributed by atoms with E-state index in [1.165, 1.54) is 0 Å². The van der Waals surface area contributed by atoms with Gasteiger partial charge in [0.2, 0.25) is 0 Å². The normalized spacial score (nSPS) is 10.1. The maximum atomic E-state index is 11.7. The molecule has 0 spiro atoms. The van der Waals surface area contributed by atoms with E-state index in [4.69, 9.17) is 5.11 Å². The van der Waals surface area contributed by atoms with Gasteiger partial charge in [-0.2, -0.15) is 8.78 Å². The van der Waals surface area contributed by atoms with Crippen LogP contribution in [0.25, 0.3) is 0 Å². The molecule has 3 nitrogen and oxygen atoms in total. The van der Waals surface area contributed by atoms with E-state index < -0.39 is 6.61 Å². The Morgan fingerprint density at radius 2 is 2.15 bits per heavy atom. The summed E-state index contributed by atoms with van der Waals surface area (Å²) >= 11 is 0. The van der Waals surface area contributed by atoms with E-state index in [1.807, 2.05) is 0 Å². The van der Waals surface area contributed by atoms with E-state index in [2.05, 4.69) is 4.74 Å². The van der Waals surface area contributed by atoms with Crippen molar-refractivity contribution in [1.82, 2.24) is 0 Å². The van der Waals surface area contributed by atoms with Crippen LogP contribution in [0, 0.1) is 0 Å². The lowest BCUT2D eigenvalue weighted by Crippen LogP contribution is -2.03. The van der Waals surface area contributed by atoms with Crippen LogP contribution >= 0.6 is 0 Å². The Bertz CT molecular complexity index is 312. The molecule has 0 saturated heterocycles. The third-order valence-electron chi connectivity index (χ3n) is 1.34. The molecule has 0 bridgehead atoms. The number of phenolic OH excluding ortho intramolecular Hbond substituents is 1. The van der Waals surface area contributed by atoms with Gasteiger partial charge >= 0.3 is 6.61 Å². The van der Waals surface area contributed by atoms with Crippen molar-refractivity contribution in [3.05, 3.63) is 23.8 Å². The topological polar surface area (TPSA) is 46.5 Å². The zero-order valence-electron chi connectivity index (χ0n) is 6.41. The van der Waals surface area contributed by atoms with Crippen molar-refractivity contribution in [2.75, 3.05) is 0 Å². The number of benzene rings is 1. The van der Waals surface area contributed by atoms with Gasteiger partial charge in [-0.25, -0.2) is 0 Å². The molecule has 0 aliphatic heterocycles. The van der Waals surface area contributed by atoms with Crippen LogP contribution in [0.5, 0.6) is 11.5 Å². The van der Waals surface area contributed by atoms with Crippen LogP contribution in [0.15, 0.2) is 18.2 Å². The molecule has 1 N–H and O–H groups in total. The van der Waals surface area contributed by atoms with Crippen LogP contribution in [0.3, 0.4) is 0 Å². The number of aromatic hydroxyl groups is 1. The average Bonchev–Trinajstić information content (AvgIpc) is 2.07. The monoisotopic (exact) mass is 188 g/mol. The first-order valence-electron chi connectivity index (χ1n) is 3.36. The van der Waals surface area contributed by atoms with Crippen LogP contribution in [-0.4, -0.2) is 18.0 Å². The number of rotatable bonds is 3. The van der Waals surface area contributed by atoms with Crippen LogP contribution < -0.4 is 4.74 Å². The minimum atomic E-state index is -2.98. The van der Waals surface area contributed by atoms with Crippen LogP contribution in [0.1, 0.15) is 10.4 Å². The Kier molecular flexibility index (Phi) is 2.79. The summed E-state index contributed by atoms with van der Waals surface area (Å²) in [6, 6.07) is 3.31. The highest BCUT2D eigenvalue weighted by Gasteiger charge is 2.09. The fourth-order valence-corrected chi connectivity index (χ4v) is 0.831. The number of carbonyl (C=O) groups excluding carboxylic acids is 1. The molecule has 5 heteroatoms. The number of ether oxygens (including phenoxy) is 1. The van der Waals surface area contributed by atoms with Gasteiger partial charge in [0.1, 0.15) is 11.5 Å². The second-order valence-corrected chi connectivity index (χ2v) is 2.22. The first kappa shape index (κ1) is 9.44. The van der Waals surface area contributed by atoms with Crippen molar-refractivity contribution < 1.29 is 23.4 Å². The van der Waals surface area contributed by atoms with E-state index in [0.717, 1.165) is 18.2 Å². The van der Waals surface area contributed by atoms with E-state index >= 15 is 0 Å². The molecular formula is C8H6F2O3. The smallest absolute Gasteiger partial charge is 0.387 e. The fourth-order valence-electron chi connectivity index (χ4n) is 0.831.